The molecule has 2 heterocycles. The summed E-state index contributed by atoms with van der Waals surface area (Å²) in [4.78, 5) is 4.60. The Balaban J connectivity index is 0.00000144. The quantitative estimate of drug-likeness (QED) is 0.810. The number of nitrogens with one attached hydrogen (secondary N) is 2. The normalized spacial score (nSPS) is 15.6. The van der Waals surface area contributed by atoms with Gasteiger partial charge >= 0.3 is 0 Å². The molecule has 0 aliphatic carbocycles. The first-order valence-corrected chi connectivity index (χ1v) is 5.87. The van der Waals surface area contributed by atoms with E-state index in [0.717, 1.165) is 25.3 Å². The first-order valence-electron chi connectivity index (χ1n) is 5.87. The highest BCUT2D eigenvalue weighted by Gasteiger charge is 2.11. The number of anilines is 1. The zero-order valence-electron chi connectivity index (χ0n) is 10.3. The van der Waals surface area contributed by atoms with Crippen LogP contribution in [-0.4, -0.2) is 24.4 Å². The molecule has 5 heteroatoms. The third-order valence-corrected chi connectivity index (χ3v) is 2.69. The molecule has 1 aromatic heterocycles. The van der Waals surface area contributed by atoms with Crippen molar-refractivity contribution in [2.45, 2.75) is 33.0 Å². The molecule has 1 aliphatic rings. The number of hydrogen-bond donors (Lipinski definition) is 2. The minimum Gasteiger partial charge on any atom is -0.359 e. The minimum absolute atomic E-state index is 0. The maximum absolute atomic E-state index is 5.43. The van der Waals surface area contributed by atoms with Crippen molar-refractivity contribution in [3.05, 3.63) is 23.4 Å². The number of hydrogen-bond acceptors (Lipinski definition) is 4. The lowest BCUT2D eigenvalue weighted by molar-refractivity contribution is 0.0958. The fourth-order valence-corrected chi connectivity index (χ4v) is 1.92. The number of fused-ring (bicyclic) bond motifs is 1. The van der Waals surface area contributed by atoms with Gasteiger partial charge in [0.15, 0.2) is 0 Å². The Kier molecular flexibility index (Phi) is 5.68. The van der Waals surface area contributed by atoms with E-state index >= 15 is 0 Å². The second kappa shape index (κ2) is 6.79. The topological polar surface area (TPSA) is 46.2 Å². The largest absolute Gasteiger partial charge is 0.359 e. The molecule has 0 saturated heterocycles. The SMILES string of the molecule is CCOC(C)Nc1ccc2c(n1)CCNC2.Cl. The highest BCUT2D eigenvalue weighted by Crippen LogP contribution is 2.15. The Labute approximate surface area is 109 Å². The standard InChI is InChI=1S/C12H19N3O.ClH/c1-3-16-9(2)14-12-5-4-10-8-13-7-6-11(10)15-12;/h4-5,9,13H,3,6-8H2,1-2H3,(H,14,15);1H. The van der Waals surface area contributed by atoms with Crippen LogP contribution in [0.1, 0.15) is 25.1 Å². The summed E-state index contributed by atoms with van der Waals surface area (Å²) >= 11 is 0. The van der Waals surface area contributed by atoms with Crippen LogP contribution >= 0.6 is 12.4 Å². The van der Waals surface area contributed by atoms with Gasteiger partial charge in [-0.05, 0) is 25.5 Å². The molecular formula is C12H20ClN3O. The van der Waals surface area contributed by atoms with E-state index in [2.05, 4.69) is 21.7 Å². The number of pyridine rings is 1. The van der Waals surface area contributed by atoms with Crippen molar-refractivity contribution in [1.29, 1.82) is 0 Å². The van der Waals surface area contributed by atoms with E-state index in [1.807, 2.05) is 19.9 Å². The Morgan fingerprint density at radius 2 is 2.35 bits per heavy atom. The number of rotatable bonds is 4. The molecule has 1 aliphatic heterocycles. The summed E-state index contributed by atoms with van der Waals surface area (Å²) in [7, 11) is 0. The van der Waals surface area contributed by atoms with E-state index in [1.54, 1.807) is 0 Å². The van der Waals surface area contributed by atoms with Crippen molar-refractivity contribution in [2.24, 2.45) is 0 Å². The maximum Gasteiger partial charge on any atom is 0.128 e. The molecule has 2 rings (SSSR count). The highest BCUT2D eigenvalue weighted by molar-refractivity contribution is 5.85. The molecule has 17 heavy (non-hydrogen) atoms. The van der Waals surface area contributed by atoms with Crippen molar-refractivity contribution < 1.29 is 4.74 Å². The molecular weight excluding hydrogens is 238 g/mol. The van der Waals surface area contributed by atoms with Crippen molar-refractivity contribution in [3.8, 4) is 0 Å². The van der Waals surface area contributed by atoms with E-state index in [-0.39, 0.29) is 18.6 Å². The van der Waals surface area contributed by atoms with Crippen LogP contribution in [0.4, 0.5) is 5.82 Å². The van der Waals surface area contributed by atoms with Crippen molar-refractivity contribution in [2.75, 3.05) is 18.5 Å². The molecule has 0 amide bonds. The molecule has 1 atom stereocenters. The summed E-state index contributed by atoms with van der Waals surface area (Å²) in [6.45, 7) is 6.65. The van der Waals surface area contributed by atoms with Gasteiger partial charge in [-0.3, -0.25) is 0 Å². The summed E-state index contributed by atoms with van der Waals surface area (Å²) in [5, 5.41) is 6.58. The van der Waals surface area contributed by atoms with Crippen LogP contribution in [0.5, 0.6) is 0 Å². The Morgan fingerprint density at radius 1 is 1.53 bits per heavy atom. The lowest BCUT2D eigenvalue weighted by Crippen LogP contribution is -2.25. The average molecular weight is 258 g/mol. The van der Waals surface area contributed by atoms with Gasteiger partial charge in [0.25, 0.3) is 0 Å². The van der Waals surface area contributed by atoms with Gasteiger partial charge in [0.1, 0.15) is 12.0 Å². The first-order chi connectivity index (χ1) is 7.79. The fourth-order valence-electron chi connectivity index (χ4n) is 1.92. The maximum atomic E-state index is 5.43. The van der Waals surface area contributed by atoms with Crippen molar-refractivity contribution in [3.63, 3.8) is 0 Å². The van der Waals surface area contributed by atoms with Crippen LogP contribution in [-0.2, 0) is 17.7 Å². The van der Waals surface area contributed by atoms with E-state index in [0.29, 0.717) is 6.61 Å². The smallest absolute Gasteiger partial charge is 0.128 e. The van der Waals surface area contributed by atoms with E-state index < -0.39 is 0 Å². The van der Waals surface area contributed by atoms with Crippen molar-refractivity contribution >= 4 is 18.2 Å². The van der Waals surface area contributed by atoms with E-state index in [4.69, 9.17) is 4.74 Å². The van der Waals surface area contributed by atoms with Crippen molar-refractivity contribution in [1.82, 2.24) is 10.3 Å². The van der Waals surface area contributed by atoms with Gasteiger partial charge < -0.3 is 15.4 Å². The number of ether oxygens (including phenoxy) is 1. The predicted molar refractivity (Wildman–Crippen MR) is 71.6 cm³/mol. The zero-order chi connectivity index (χ0) is 11.4. The first kappa shape index (κ1) is 14.2. The number of nitrogens with zero attached hydrogens (tertiary/aromatic N) is 1. The minimum atomic E-state index is 0. The second-order valence-corrected chi connectivity index (χ2v) is 3.97. The average Bonchev–Trinajstić information content (AvgIpc) is 2.29. The van der Waals surface area contributed by atoms with Crippen LogP contribution in [0.25, 0.3) is 0 Å². The predicted octanol–water partition coefficient (Wildman–Crippen LogP) is 1.94. The van der Waals surface area contributed by atoms with Gasteiger partial charge in [0.2, 0.25) is 0 Å². The summed E-state index contributed by atoms with van der Waals surface area (Å²) in [6.07, 6.45) is 1.02. The highest BCUT2D eigenvalue weighted by atomic mass is 35.5. The summed E-state index contributed by atoms with van der Waals surface area (Å²) in [5.74, 6) is 0.904. The van der Waals surface area contributed by atoms with Crippen LogP contribution in [0.2, 0.25) is 0 Å². The molecule has 1 unspecified atom stereocenters. The summed E-state index contributed by atoms with van der Waals surface area (Å²) < 4.78 is 5.43. The Bertz CT molecular complexity index is 360. The zero-order valence-corrected chi connectivity index (χ0v) is 11.1. The van der Waals surface area contributed by atoms with Gasteiger partial charge in [-0.1, -0.05) is 6.07 Å². The Morgan fingerprint density at radius 3 is 3.12 bits per heavy atom. The molecule has 0 aromatic carbocycles. The third kappa shape index (κ3) is 3.84. The van der Waals surface area contributed by atoms with Gasteiger partial charge in [-0.15, -0.1) is 12.4 Å². The summed E-state index contributed by atoms with van der Waals surface area (Å²) in [5.41, 5.74) is 2.51. The fraction of sp³-hybridized carbons (Fsp3) is 0.583. The van der Waals surface area contributed by atoms with Crippen LogP contribution in [0.3, 0.4) is 0 Å². The molecule has 0 radical (unpaired) electrons. The summed E-state index contributed by atoms with van der Waals surface area (Å²) in [6, 6.07) is 4.15. The Hall–Kier alpha value is -0.840. The molecule has 4 nitrogen and oxygen atoms in total. The number of aromatic nitrogens is 1. The van der Waals surface area contributed by atoms with E-state index in [1.165, 1.54) is 11.3 Å². The molecule has 0 saturated carbocycles. The molecule has 2 N–H and O–H groups in total. The lowest BCUT2D eigenvalue weighted by atomic mass is 10.1. The number of halogens is 1. The van der Waals surface area contributed by atoms with Crippen LogP contribution in [0, 0.1) is 0 Å². The van der Waals surface area contributed by atoms with Gasteiger partial charge in [0, 0.05) is 31.8 Å². The van der Waals surface area contributed by atoms with Crippen LogP contribution in [0.15, 0.2) is 12.1 Å². The van der Waals surface area contributed by atoms with Crippen LogP contribution < -0.4 is 10.6 Å². The second-order valence-electron chi connectivity index (χ2n) is 3.97. The molecule has 1 aromatic rings. The van der Waals surface area contributed by atoms with Gasteiger partial charge in [0.05, 0.1) is 0 Å². The molecule has 0 fully saturated rings. The molecule has 96 valence electrons. The molecule has 0 spiro atoms. The van der Waals surface area contributed by atoms with Gasteiger partial charge in [-0.2, -0.15) is 0 Å². The lowest BCUT2D eigenvalue weighted by Gasteiger charge is -2.19. The third-order valence-electron chi connectivity index (χ3n) is 2.69. The van der Waals surface area contributed by atoms with Gasteiger partial charge in [-0.25, -0.2) is 4.98 Å². The monoisotopic (exact) mass is 257 g/mol. The van der Waals surface area contributed by atoms with E-state index in [9.17, 15) is 0 Å². The molecule has 0 bridgehead atoms.